The van der Waals surface area contributed by atoms with Crippen molar-refractivity contribution in [3.63, 3.8) is 0 Å². The number of aromatic nitrogens is 3. The molecule has 0 aliphatic carbocycles. The van der Waals surface area contributed by atoms with E-state index in [2.05, 4.69) is 9.97 Å². The fourth-order valence-corrected chi connectivity index (χ4v) is 3.28. The minimum absolute atomic E-state index is 0.0359. The molecule has 2 aromatic heterocycles. The first-order valence-electron chi connectivity index (χ1n) is 8.76. The lowest BCUT2D eigenvalue weighted by Crippen LogP contribution is -2.24. The van der Waals surface area contributed by atoms with Gasteiger partial charge in [0.05, 0.1) is 22.7 Å². The van der Waals surface area contributed by atoms with Gasteiger partial charge in [-0.3, -0.25) is 14.3 Å². The second-order valence-corrected chi connectivity index (χ2v) is 6.46. The van der Waals surface area contributed by atoms with Gasteiger partial charge >= 0.3 is 0 Å². The zero-order valence-corrected chi connectivity index (χ0v) is 15.1. The summed E-state index contributed by atoms with van der Waals surface area (Å²) in [7, 11) is 0. The highest BCUT2D eigenvalue weighted by molar-refractivity contribution is 5.97. The van der Waals surface area contributed by atoms with Crippen LogP contribution in [0.15, 0.2) is 67.1 Å². The summed E-state index contributed by atoms with van der Waals surface area (Å²) in [5, 5.41) is 11.7. The molecule has 138 valence electrons. The number of carbonyl (C=O) groups is 2. The average Bonchev–Trinajstić information content (AvgIpc) is 3.12. The maximum Gasteiger partial charge on any atom is 0.159 e. The quantitative estimate of drug-likeness (QED) is 0.504. The fraction of sp³-hybridized carbons (Fsp3) is 0.0909. The Morgan fingerprint density at radius 3 is 2.61 bits per heavy atom. The number of hydrogen-bond acceptors (Lipinski definition) is 5. The van der Waals surface area contributed by atoms with Crippen molar-refractivity contribution in [1.29, 1.82) is 0 Å². The van der Waals surface area contributed by atoms with Gasteiger partial charge < -0.3 is 9.90 Å². The van der Waals surface area contributed by atoms with Crippen LogP contribution in [0.4, 0.5) is 0 Å². The van der Waals surface area contributed by atoms with Crippen molar-refractivity contribution in [2.45, 2.75) is 13.3 Å². The Hall–Kier alpha value is -3.80. The number of aromatic carboxylic acids is 1. The molecule has 0 atom stereocenters. The molecule has 0 aliphatic heterocycles. The third-order valence-corrected chi connectivity index (χ3v) is 4.67. The lowest BCUT2D eigenvalue weighted by atomic mass is 9.99. The summed E-state index contributed by atoms with van der Waals surface area (Å²) in [6.45, 7) is 1.51. The van der Waals surface area contributed by atoms with Crippen LogP contribution in [0.2, 0.25) is 0 Å². The summed E-state index contributed by atoms with van der Waals surface area (Å²) in [6, 6.07) is 15.9. The summed E-state index contributed by atoms with van der Waals surface area (Å²) < 4.78 is 1.82. The van der Waals surface area contributed by atoms with Crippen LogP contribution in [-0.2, 0) is 6.42 Å². The van der Waals surface area contributed by atoms with Crippen LogP contribution in [0.3, 0.4) is 0 Å². The van der Waals surface area contributed by atoms with E-state index in [1.54, 1.807) is 30.7 Å². The van der Waals surface area contributed by atoms with E-state index < -0.39 is 5.97 Å². The number of nitrogens with zero attached hydrogens (tertiary/aromatic N) is 3. The van der Waals surface area contributed by atoms with Crippen LogP contribution in [0, 0.1) is 0 Å². The molecule has 0 saturated carbocycles. The number of carbonyl (C=O) groups excluding carboxylic acids is 2. The number of Topliss-reactive ketones (excluding diaryl/α,β-unsaturated/α-hetero) is 1. The highest BCUT2D eigenvalue weighted by atomic mass is 16.4. The first kappa shape index (κ1) is 17.6. The number of imidazole rings is 1. The summed E-state index contributed by atoms with van der Waals surface area (Å²) in [6.07, 6.45) is 3.64. The highest BCUT2D eigenvalue weighted by Gasteiger charge is 2.15. The molecule has 0 bridgehead atoms. The molecule has 6 heteroatoms. The molecule has 4 aromatic rings. The van der Waals surface area contributed by atoms with Crippen LogP contribution < -0.4 is 5.11 Å². The molecular weight excluding hydrogens is 354 g/mol. The van der Waals surface area contributed by atoms with E-state index in [0.29, 0.717) is 28.8 Å². The zero-order chi connectivity index (χ0) is 19.7. The van der Waals surface area contributed by atoms with E-state index in [1.165, 1.54) is 13.0 Å². The van der Waals surface area contributed by atoms with Crippen molar-refractivity contribution in [2.75, 3.05) is 0 Å². The first-order valence-corrected chi connectivity index (χ1v) is 8.76. The number of hydrogen-bond donors (Lipinski definition) is 0. The van der Waals surface area contributed by atoms with Crippen LogP contribution >= 0.6 is 0 Å². The van der Waals surface area contributed by atoms with E-state index in [1.807, 2.05) is 34.9 Å². The first-order chi connectivity index (χ1) is 13.5. The van der Waals surface area contributed by atoms with Gasteiger partial charge in [0.25, 0.3) is 0 Å². The smallest absolute Gasteiger partial charge is 0.159 e. The molecule has 28 heavy (non-hydrogen) atoms. The van der Waals surface area contributed by atoms with Gasteiger partial charge in [-0.2, -0.15) is 0 Å². The maximum atomic E-state index is 11.7. The van der Waals surface area contributed by atoms with E-state index >= 15 is 0 Å². The van der Waals surface area contributed by atoms with Crippen molar-refractivity contribution in [3.8, 4) is 5.69 Å². The molecule has 4 rings (SSSR count). The number of ketones is 1. The predicted molar refractivity (Wildman–Crippen MR) is 102 cm³/mol. The summed E-state index contributed by atoms with van der Waals surface area (Å²) >= 11 is 0. The SMILES string of the molecule is CC(=O)c1ccc2c(c1)ncn2-c1cccc(C(=O)[O-])c1Cc1ccccn1. The molecule has 0 saturated heterocycles. The number of rotatable bonds is 5. The van der Waals surface area contributed by atoms with Gasteiger partial charge in [0, 0.05) is 29.4 Å². The average molecular weight is 370 g/mol. The Bertz CT molecular complexity index is 1200. The van der Waals surface area contributed by atoms with Gasteiger partial charge in [-0.15, -0.1) is 0 Å². The predicted octanol–water partition coefficient (Wildman–Crippen LogP) is 2.58. The Morgan fingerprint density at radius 2 is 1.89 bits per heavy atom. The normalized spacial score (nSPS) is 10.9. The van der Waals surface area contributed by atoms with Gasteiger partial charge in [0.2, 0.25) is 0 Å². The van der Waals surface area contributed by atoms with Crippen molar-refractivity contribution in [1.82, 2.24) is 14.5 Å². The minimum Gasteiger partial charge on any atom is -0.545 e. The highest BCUT2D eigenvalue weighted by Crippen LogP contribution is 2.26. The molecule has 0 amide bonds. The van der Waals surface area contributed by atoms with Crippen LogP contribution in [0.1, 0.15) is 38.9 Å². The minimum atomic E-state index is -1.24. The molecule has 6 nitrogen and oxygen atoms in total. The third-order valence-electron chi connectivity index (χ3n) is 4.67. The molecule has 0 aliphatic rings. The van der Waals surface area contributed by atoms with E-state index in [9.17, 15) is 14.7 Å². The zero-order valence-electron chi connectivity index (χ0n) is 15.1. The standard InChI is InChI=1S/C22H17N3O3/c1-14(26)15-8-9-21-19(11-15)24-13-25(21)20-7-4-6-17(22(27)28)18(20)12-16-5-2-3-10-23-16/h2-11,13H,12H2,1H3,(H,27,28)/p-1. The van der Waals surface area contributed by atoms with Gasteiger partial charge in [0.15, 0.2) is 5.78 Å². The number of pyridine rings is 1. The van der Waals surface area contributed by atoms with E-state index in [-0.39, 0.29) is 11.3 Å². The molecule has 0 spiro atoms. The molecule has 2 heterocycles. The fourth-order valence-electron chi connectivity index (χ4n) is 3.28. The second kappa shape index (κ2) is 7.08. The Morgan fingerprint density at radius 1 is 1.04 bits per heavy atom. The van der Waals surface area contributed by atoms with Crippen molar-refractivity contribution in [3.05, 3.63) is 89.5 Å². The summed E-state index contributed by atoms with van der Waals surface area (Å²) in [5.41, 5.74) is 4.17. The monoisotopic (exact) mass is 370 g/mol. The molecular formula is C22H16N3O3-. The molecule has 0 unspecified atom stereocenters. The van der Waals surface area contributed by atoms with Gasteiger partial charge in [-0.25, -0.2) is 4.98 Å². The van der Waals surface area contributed by atoms with Crippen molar-refractivity contribution >= 4 is 22.8 Å². The largest absolute Gasteiger partial charge is 0.545 e. The lowest BCUT2D eigenvalue weighted by Gasteiger charge is -2.16. The van der Waals surface area contributed by atoms with Crippen LogP contribution in [0.5, 0.6) is 0 Å². The van der Waals surface area contributed by atoms with E-state index in [0.717, 1.165) is 11.2 Å². The van der Waals surface area contributed by atoms with Crippen molar-refractivity contribution < 1.29 is 14.7 Å². The molecule has 0 radical (unpaired) electrons. The number of carboxylic acid groups (broad SMARTS) is 1. The Kier molecular flexibility index (Phi) is 4.45. The second-order valence-electron chi connectivity index (χ2n) is 6.46. The topological polar surface area (TPSA) is 87.9 Å². The molecule has 0 fully saturated rings. The van der Waals surface area contributed by atoms with Gasteiger partial charge in [-0.1, -0.05) is 18.2 Å². The number of carboxylic acids is 1. The Balaban J connectivity index is 1.90. The lowest BCUT2D eigenvalue weighted by molar-refractivity contribution is -0.255. The maximum absolute atomic E-state index is 11.7. The molecule has 0 N–H and O–H groups in total. The summed E-state index contributed by atoms with van der Waals surface area (Å²) in [5.74, 6) is -1.28. The van der Waals surface area contributed by atoms with Crippen molar-refractivity contribution in [2.24, 2.45) is 0 Å². The third kappa shape index (κ3) is 3.16. The summed E-state index contributed by atoms with van der Waals surface area (Å²) in [4.78, 5) is 32.1. The van der Waals surface area contributed by atoms with E-state index in [4.69, 9.17) is 0 Å². The molecule has 2 aromatic carbocycles. The number of fused-ring (bicyclic) bond motifs is 1. The number of benzene rings is 2. The Labute approximate surface area is 161 Å². The van der Waals surface area contributed by atoms with Crippen LogP contribution in [0.25, 0.3) is 16.7 Å². The van der Waals surface area contributed by atoms with Crippen LogP contribution in [-0.4, -0.2) is 26.3 Å². The van der Waals surface area contributed by atoms with Gasteiger partial charge in [-0.05, 0) is 48.9 Å². The van der Waals surface area contributed by atoms with Gasteiger partial charge in [0.1, 0.15) is 6.33 Å².